The van der Waals surface area contributed by atoms with Crippen molar-refractivity contribution in [1.29, 1.82) is 0 Å². The lowest BCUT2D eigenvalue weighted by Crippen LogP contribution is -2.70. The van der Waals surface area contributed by atoms with Gasteiger partial charge in [0.05, 0.1) is 6.10 Å². The van der Waals surface area contributed by atoms with Crippen molar-refractivity contribution < 1.29 is 5.11 Å². The van der Waals surface area contributed by atoms with Crippen molar-refractivity contribution in [3.05, 3.63) is 12.7 Å². The molecule has 0 bridgehead atoms. The maximum absolute atomic E-state index is 9.83. The quantitative estimate of drug-likeness (QED) is 0.706. The summed E-state index contributed by atoms with van der Waals surface area (Å²) in [4.78, 5) is 2.38. The summed E-state index contributed by atoms with van der Waals surface area (Å²) in [5.41, 5.74) is 0.577. The van der Waals surface area contributed by atoms with E-state index < -0.39 is 0 Å². The summed E-state index contributed by atoms with van der Waals surface area (Å²) in [6.07, 6.45) is 3.39. The molecule has 1 N–H and O–H groups in total. The molecule has 0 aromatic heterocycles. The minimum atomic E-state index is -0.210. The van der Waals surface area contributed by atoms with Gasteiger partial charge in [0.2, 0.25) is 0 Å². The normalized spacial score (nSPS) is 25.7. The van der Waals surface area contributed by atoms with Crippen LogP contribution in [0.1, 0.15) is 40.5 Å². The molecule has 1 rings (SSSR count). The van der Waals surface area contributed by atoms with E-state index in [0.29, 0.717) is 5.41 Å². The second kappa shape index (κ2) is 4.26. The third-order valence-electron chi connectivity index (χ3n) is 4.17. The average Bonchev–Trinajstić information content (AvgIpc) is 2.13. The lowest BCUT2D eigenvalue weighted by atomic mass is 9.65. The largest absolute Gasteiger partial charge is 0.392 e. The zero-order chi connectivity index (χ0) is 11.7. The molecule has 15 heavy (non-hydrogen) atoms. The van der Waals surface area contributed by atoms with Gasteiger partial charge in [0, 0.05) is 18.6 Å². The van der Waals surface area contributed by atoms with E-state index in [9.17, 15) is 5.11 Å². The summed E-state index contributed by atoms with van der Waals surface area (Å²) in [5, 5.41) is 9.83. The standard InChI is InChI=1S/C13H25NO/c1-6-7-8-11(15)9-14-10-12(2,3)13(14,4)5/h6,11,15H,1,7-10H2,2-5H3. The molecule has 1 atom stereocenters. The molecule has 1 unspecified atom stereocenters. The van der Waals surface area contributed by atoms with Gasteiger partial charge in [-0.05, 0) is 32.1 Å². The predicted octanol–water partition coefficient (Wildman–Crippen LogP) is 2.43. The molecule has 1 saturated heterocycles. The molecule has 2 heteroatoms. The minimum absolute atomic E-state index is 0.210. The molecule has 1 aliphatic rings. The second-order valence-corrected chi connectivity index (χ2v) is 5.84. The number of allylic oxidation sites excluding steroid dienone is 1. The van der Waals surface area contributed by atoms with Crippen molar-refractivity contribution in [2.45, 2.75) is 52.2 Å². The molecule has 1 aliphatic heterocycles. The summed E-state index contributed by atoms with van der Waals surface area (Å²) in [6, 6.07) is 0. The number of aliphatic hydroxyl groups excluding tert-OH is 1. The Hall–Kier alpha value is -0.340. The Morgan fingerprint density at radius 1 is 1.40 bits per heavy atom. The highest BCUT2D eigenvalue weighted by molar-refractivity contribution is 5.06. The van der Waals surface area contributed by atoms with E-state index in [4.69, 9.17) is 0 Å². The molecule has 88 valence electrons. The maximum atomic E-state index is 9.83. The first-order valence-corrected chi connectivity index (χ1v) is 5.85. The topological polar surface area (TPSA) is 23.5 Å². The van der Waals surface area contributed by atoms with E-state index in [1.165, 1.54) is 0 Å². The summed E-state index contributed by atoms with van der Waals surface area (Å²) in [5.74, 6) is 0. The van der Waals surface area contributed by atoms with E-state index in [-0.39, 0.29) is 11.6 Å². The van der Waals surface area contributed by atoms with E-state index in [0.717, 1.165) is 25.9 Å². The first-order chi connectivity index (χ1) is 6.81. The second-order valence-electron chi connectivity index (χ2n) is 5.84. The Bertz CT molecular complexity index is 233. The predicted molar refractivity (Wildman–Crippen MR) is 64.9 cm³/mol. The molecule has 2 nitrogen and oxygen atoms in total. The summed E-state index contributed by atoms with van der Waals surface area (Å²) < 4.78 is 0. The van der Waals surface area contributed by atoms with Crippen molar-refractivity contribution in [2.75, 3.05) is 13.1 Å². The number of rotatable bonds is 5. The minimum Gasteiger partial charge on any atom is -0.392 e. The van der Waals surface area contributed by atoms with Crippen LogP contribution in [-0.4, -0.2) is 34.7 Å². The van der Waals surface area contributed by atoms with Crippen molar-refractivity contribution in [3.8, 4) is 0 Å². The average molecular weight is 211 g/mol. The molecule has 0 aliphatic carbocycles. The molecular formula is C13H25NO. The molecule has 1 heterocycles. The van der Waals surface area contributed by atoms with Gasteiger partial charge in [0.25, 0.3) is 0 Å². The van der Waals surface area contributed by atoms with Crippen LogP contribution in [0, 0.1) is 5.41 Å². The van der Waals surface area contributed by atoms with Gasteiger partial charge in [-0.15, -0.1) is 6.58 Å². The Kier molecular flexibility index (Phi) is 3.62. The smallest absolute Gasteiger partial charge is 0.0670 e. The molecule has 0 aromatic rings. The zero-order valence-electron chi connectivity index (χ0n) is 10.6. The fourth-order valence-corrected chi connectivity index (χ4v) is 2.15. The van der Waals surface area contributed by atoms with Crippen LogP contribution < -0.4 is 0 Å². The Labute approximate surface area is 94.0 Å². The van der Waals surface area contributed by atoms with Gasteiger partial charge in [-0.3, -0.25) is 4.90 Å². The third-order valence-corrected chi connectivity index (χ3v) is 4.17. The lowest BCUT2D eigenvalue weighted by molar-refractivity contribution is -0.131. The molecule has 0 spiro atoms. The Morgan fingerprint density at radius 3 is 2.40 bits per heavy atom. The third kappa shape index (κ3) is 2.43. The van der Waals surface area contributed by atoms with Gasteiger partial charge in [-0.1, -0.05) is 19.9 Å². The number of nitrogens with zero attached hydrogens (tertiary/aromatic N) is 1. The van der Waals surface area contributed by atoms with Crippen molar-refractivity contribution >= 4 is 0 Å². The monoisotopic (exact) mass is 211 g/mol. The highest BCUT2D eigenvalue weighted by atomic mass is 16.3. The fourth-order valence-electron chi connectivity index (χ4n) is 2.15. The van der Waals surface area contributed by atoms with Crippen LogP contribution in [-0.2, 0) is 0 Å². The summed E-state index contributed by atoms with van der Waals surface area (Å²) >= 11 is 0. The highest BCUT2D eigenvalue weighted by Crippen LogP contribution is 2.46. The van der Waals surface area contributed by atoms with Crippen molar-refractivity contribution in [2.24, 2.45) is 5.41 Å². The van der Waals surface area contributed by atoms with Crippen molar-refractivity contribution in [1.82, 2.24) is 4.90 Å². The molecular weight excluding hydrogens is 186 g/mol. The first-order valence-electron chi connectivity index (χ1n) is 5.85. The van der Waals surface area contributed by atoms with Gasteiger partial charge in [0.15, 0.2) is 0 Å². The van der Waals surface area contributed by atoms with Gasteiger partial charge >= 0.3 is 0 Å². The fraction of sp³-hybridized carbons (Fsp3) is 0.846. The highest BCUT2D eigenvalue weighted by Gasteiger charge is 2.52. The zero-order valence-corrected chi connectivity index (χ0v) is 10.6. The van der Waals surface area contributed by atoms with Crippen LogP contribution in [0.25, 0.3) is 0 Å². The maximum Gasteiger partial charge on any atom is 0.0670 e. The first kappa shape index (κ1) is 12.7. The van der Waals surface area contributed by atoms with Crippen LogP contribution in [0.4, 0.5) is 0 Å². The molecule has 0 aromatic carbocycles. The van der Waals surface area contributed by atoms with E-state index in [1.54, 1.807) is 0 Å². The number of aliphatic hydroxyl groups is 1. The number of hydrogen-bond donors (Lipinski definition) is 1. The van der Waals surface area contributed by atoms with Crippen LogP contribution in [0.15, 0.2) is 12.7 Å². The number of hydrogen-bond acceptors (Lipinski definition) is 2. The van der Waals surface area contributed by atoms with Gasteiger partial charge in [-0.25, -0.2) is 0 Å². The SMILES string of the molecule is C=CCCC(O)CN1CC(C)(C)C1(C)C. The van der Waals surface area contributed by atoms with E-state index in [2.05, 4.69) is 39.2 Å². The number of β-amino-alcohol motifs (C(OH)–C–C–N with tert-alkyl or cyclic N) is 1. The van der Waals surface area contributed by atoms with E-state index in [1.807, 2.05) is 6.08 Å². The van der Waals surface area contributed by atoms with Crippen LogP contribution >= 0.6 is 0 Å². The molecule has 0 amide bonds. The van der Waals surface area contributed by atoms with Gasteiger partial charge in [0.1, 0.15) is 0 Å². The molecule has 0 radical (unpaired) electrons. The summed E-state index contributed by atoms with van der Waals surface area (Å²) in [7, 11) is 0. The molecule has 0 saturated carbocycles. The molecule has 1 fully saturated rings. The van der Waals surface area contributed by atoms with Crippen molar-refractivity contribution in [3.63, 3.8) is 0 Å². The van der Waals surface area contributed by atoms with Crippen LogP contribution in [0.3, 0.4) is 0 Å². The Balaban J connectivity index is 2.39. The Morgan fingerprint density at radius 2 is 2.00 bits per heavy atom. The van der Waals surface area contributed by atoms with E-state index >= 15 is 0 Å². The van der Waals surface area contributed by atoms with Crippen LogP contribution in [0.2, 0.25) is 0 Å². The van der Waals surface area contributed by atoms with Gasteiger partial charge < -0.3 is 5.11 Å². The van der Waals surface area contributed by atoms with Gasteiger partial charge in [-0.2, -0.15) is 0 Å². The lowest BCUT2D eigenvalue weighted by Gasteiger charge is -2.62. The van der Waals surface area contributed by atoms with Crippen LogP contribution in [0.5, 0.6) is 0 Å². The number of likely N-dealkylation sites (tertiary alicyclic amines) is 1. The summed E-state index contributed by atoms with van der Waals surface area (Å²) in [6.45, 7) is 14.7.